The van der Waals surface area contributed by atoms with Crippen molar-refractivity contribution in [1.82, 2.24) is 47.5 Å². The molecular weight excluding hydrogens is 1790 g/mol. The number of thioether (sulfide) groups is 1. The van der Waals surface area contributed by atoms with Crippen molar-refractivity contribution in [2.24, 2.45) is 11.7 Å². The van der Waals surface area contributed by atoms with E-state index in [0.29, 0.717) is 27.6 Å². The van der Waals surface area contributed by atoms with Crippen molar-refractivity contribution in [2.75, 3.05) is 12.8 Å². The minimum atomic E-state index is -2.38. The molecule has 7 amide bonds. The molecule has 2 fully saturated rings. The third kappa shape index (κ3) is 20.6. The Bertz CT molecular complexity index is 5970. The molecule has 2 saturated heterocycles. The highest BCUT2D eigenvalue weighted by atomic mass is 35.5. The number of amides is 7. The maximum absolute atomic E-state index is 16.5. The van der Waals surface area contributed by atoms with Crippen LogP contribution >= 0.6 is 46.6 Å². The average molecular weight is 1890 g/mol. The molecule has 38 heteroatoms. The number of aliphatic hydroxyl groups excluding tert-OH is 5. The summed E-state index contributed by atoms with van der Waals surface area (Å²) in [6.07, 6.45) is -18.6. The predicted molar refractivity (Wildman–Crippen MR) is 480 cm³/mol. The zero-order valence-electron chi connectivity index (χ0n) is 71.0. The number of primary amides is 1. The summed E-state index contributed by atoms with van der Waals surface area (Å²) >= 11 is 21.8. The molecule has 8 heterocycles. The number of nitrogens with two attached hydrogens (primary N) is 1. The summed E-state index contributed by atoms with van der Waals surface area (Å²) in [7, 11) is 1.48. The number of carbonyl (C=O) groups excluding carboxylic acids is 7. The second-order valence-corrected chi connectivity index (χ2v) is 35.4. The van der Waals surface area contributed by atoms with E-state index in [-0.39, 0.29) is 63.7 Å². The van der Waals surface area contributed by atoms with E-state index in [9.17, 15) is 60.3 Å². The molecule has 7 aliphatic heterocycles. The topological polar surface area (TPSA) is 522 Å². The fraction of sp³-hybridized carbons (Fsp3) is 0.309. The zero-order valence-corrected chi connectivity index (χ0v) is 74.1. The van der Waals surface area contributed by atoms with Crippen LogP contribution < -0.4 is 62.5 Å². The van der Waals surface area contributed by atoms with E-state index in [1.807, 2.05) is 111 Å². The minimum Gasteiger partial charge on any atom is -0.508 e. The maximum atomic E-state index is 16.5. The number of likely N-dealkylation sites (N-methyl/N-ethyl adjacent to an activating group) is 1. The van der Waals surface area contributed by atoms with Gasteiger partial charge < -0.3 is 127 Å². The van der Waals surface area contributed by atoms with E-state index in [0.717, 1.165) is 89.1 Å². The maximum Gasteiger partial charge on any atom is 0.330 e. The Morgan fingerprint density at radius 2 is 1.24 bits per heavy atom. The van der Waals surface area contributed by atoms with Gasteiger partial charge >= 0.3 is 5.97 Å². The number of benzene rings is 9. The summed E-state index contributed by atoms with van der Waals surface area (Å²) in [5.41, 5.74) is 6.20. The van der Waals surface area contributed by atoms with Gasteiger partial charge in [-0.05, 0) is 139 Å². The van der Waals surface area contributed by atoms with E-state index in [4.69, 9.17) is 78.4 Å². The number of hydrogen-bond acceptors (Lipinski definition) is 27. The number of oxazole rings is 1. The fourth-order valence-corrected chi connectivity index (χ4v) is 17.9. The van der Waals surface area contributed by atoms with Gasteiger partial charge in [0, 0.05) is 63.2 Å². The van der Waals surface area contributed by atoms with Crippen molar-refractivity contribution in [3.05, 3.63) is 237 Å². The van der Waals surface area contributed by atoms with Crippen LogP contribution in [0.5, 0.6) is 46.0 Å². The summed E-state index contributed by atoms with van der Waals surface area (Å²) in [4.78, 5) is 125. The van der Waals surface area contributed by atoms with Gasteiger partial charge in [0.05, 0.1) is 40.8 Å². The van der Waals surface area contributed by atoms with Crippen molar-refractivity contribution < 1.29 is 117 Å². The Morgan fingerprint density at radius 1 is 0.636 bits per heavy atom. The Kier molecular flexibility index (Phi) is 28.5. The number of phenols is 3. The number of hydrogen-bond donors (Lipinski definition) is 18. The van der Waals surface area contributed by atoms with Crippen LogP contribution in [-0.4, -0.2) is 190 Å². The van der Waals surface area contributed by atoms with Crippen LogP contribution in [0.3, 0.4) is 0 Å². The quantitative estimate of drug-likeness (QED) is 0.0298. The molecule has 0 aliphatic carbocycles. The van der Waals surface area contributed by atoms with Crippen LogP contribution in [-0.2, 0) is 59.1 Å². The Labute approximate surface area is 773 Å². The molecule has 0 spiro atoms. The number of aromatic hydroxyl groups is 3. The van der Waals surface area contributed by atoms with Crippen LogP contribution in [0.4, 0.5) is 0 Å². The normalized spacial score (nSPS) is 25.2. The molecule has 9 unspecified atom stereocenters. The Balaban J connectivity index is 0.912. The van der Waals surface area contributed by atoms with Crippen LogP contribution in [0.1, 0.15) is 111 Å². The van der Waals surface area contributed by atoms with E-state index < -0.39 is 231 Å². The van der Waals surface area contributed by atoms with E-state index in [1.54, 1.807) is 26.0 Å². The van der Waals surface area contributed by atoms with Crippen LogP contribution in [0.15, 0.2) is 198 Å². The number of aliphatic carboxylic acids is 1. The van der Waals surface area contributed by atoms with Crippen molar-refractivity contribution >= 4 is 93.9 Å². The standard InChI is InChI=1S/C94H93Cl3N10O24S/c1-42(2)30-59(99-5)85(117)105-75-77(112)50-23-28-63(57(96)32-50)126-65-34-52-35-66(127-64-29-24-51(33-58(64)97)78(113)76-90(122)104-74(91(123)124)56-36-54(108)37-62(110)70(56)55-31-49(22-27-61(55)109)72(87(119)106-76)103-88(120)73(52)102-86(118)60(38-68(98)111)101-89(75)121)82(65)130-92-83(129-69-39-94(4,84(116)43(3)125-69)100-40-44-16-18-45(19-17-44)46-20-25-53(95)26-21-46)80(115)79(114)67(128-92)41-132-93-107-71(47-12-8-6-9-13-47)81(131-93)48-14-10-7-11-15-48/h6-29,31-37,42-43,59-60,67,69,72-80,83-84,92,99-100,108-110,112-116H,30,38-41H2,1-5H3,(H2,98,111)(H,101,121)(H,102,118)(H,103,120)(H,104,122)(H,105,117)(H,106,119)(H,123,124)/t43?,59-,60+,67?,69?,72-,73-,74-,75-,76+,77-,78-,79?,80?,83?,84?,92?,94?/m1/s1. The van der Waals surface area contributed by atoms with Gasteiger partial charge in [0.2, 0.25) is 53.4 Å². The summed E-state index contributed by atoms with van der Waals surface area (Å²) in [6.45, 7) is 7.19. The Hall–Kier alpha value is -12.4. The molecule has 0 saturated carbocycles. The highest BCUT2D eigenvalue weighted by Gasteiger charge is 2.53. The number of carboxylic acid groups (broad SMARTS) is 1. The lowest BCUT2D eigenvalue weighted by Crippen LogP contribution is -2.65. The average Bonchev–Trinajstić information content (AvgIpc) is 0.853. The first kappa shape index (κ1) is 94.2. The number of aliphatic hydroxyl groups is 5. The predicted octanol–water partition coefficient (Wildman–Crippen LogP) is 9.38. The number of halogens is 3. The number of rotatable bonds is 21. The largest absolute Gasteiger partial charge is 0.508 e. The van der Waals surface area contributed by atoms with Gasteiger partial charge in [0.15, 0.2) is 35.7 Å². The third-order valence-corrected chi connectivity index (χ3v) is 25.2. The van der Waals surface area contributed by atoms with Crippen molar-refractivity contribution in [1.29, 1.82) is 0 Å². The molecule has 7 aliphatic rings. The van der Waals surface area contributed by atoms with Crippen molar-refractivity contribution in [3.8, 4) is 90.8 Å². The highest BCUT2D eigenvalue weighted by Crippen LogP contribution is 2.51. The fourth-order valence-electron chi connectivity index (χ4n) is 16.5. The van der Waals surface area contributed by atoms with E-state index >= 15 is 24.0 Å². The van der Waals surface area contributed by atoms with Gasteiger partial charge in [-0.2, -0.15) is 0 Å². The molecule has 34 nitrogen and oxygen atoms in total. The summed E-state index contributed by atoms with van der Waals surface area (Å²) in [5.74, 6) is -15.9. The monoisotopic (exact) mass is 1880 g/mol. The number of nitrogens with zero attached hydrogens (tertiary/aromatic N) is 1. The van der Waals surface area contributed by atoms with Crippen molar-refractivity contribution in [2.45, 2.75) is 168 Å². The molecular formula is C94H93Cl3N10O24S. The van der Waals surface area contributed by atoms with Crippen LogP contribution in [0, 0.1) is 5.92 Å². The smallest absolute Gasteiger partial charge is 0.330 e. The number of carboxylic acids is 1. The number of phenolic OH excluding ortho intramolecular Hbond substituents is 3. The summed E-state index contributed by atoms with van der Waals surface area (Å²) in [5, 5.41) is 130. The van der Waals surface area contributed by atoms with Crippen LogP contribution in [0.2, 0.25) is 15.1 Å². The summed E-state index contributed by atoms with van der Waals surface area (Å²) in [6, 6.07) is 32.9. The molecule has 132 heavy (non-hydrogen) atoms. The van der Waals surface area contributed by atoms with Crippen molar-refractivity contribution in [3.63, 3.8) is 0 Å². The number of ether oxygens (including phenoxy) is 6. The molecule has 17 rings (SSSR count). The number of aromatic nitrogens is 1. The second-order valence-electron chi connectivity index (χ2n) is 33.2. The lowest BCUT2D eigenvalue weighted by atomic mass is 9.84. The first-order valence-corrected chi connectivity index (χ1v) is 44.1. The van der Waals surface area contributed by atoms with Gasteiger partial charge in [0.25, 0.3) is 5.22 Å². The van der Waals surface area contributed by atoms with E-state index in [2.05, 4.69) is 42.5 Å². The van der Waals surface area contributed by atoms with Gasteiger partial charge in [-0.15, -0.1) is 0 Å². The molecule has 18 atom stereocenters. The first-order chi connectivity index (χ1) is 63.1. The summed E-state index contributed by atoms with van der Waals surface area (Å²) < 4.78 is 47.8. The zero-order chi connectivity index (χ0) is 94.0. The third-order valence-electron chi connectivity index (χ3n) is 23.4. The van der Waals surface area contributed by atoms with Crippen LogP contribution in [0.25, 0.3) is 44.8 Å². The first-order valence-electron chi connectivity index (χ1n) is 42.0. The molecule has 9 aromatic carbocycles. The Morgan fingerprint density at radius 3 is 1.86 bits per heavy atom. The van der Waals surface area contributed by atoms with Gasteiger partial charge in [-0.3, -0.25) is 33.6 Å². The van der Waals surface area contributed by atoms with Gasteiger partial charge in [0.1, 0.15) is 89.1 Å². The molecule has 19 N–H and O–H groups in total. The molecule has 690 valence electrons. The molecule has 10 aromatic rings. The highest BCUT2D eigenvalue weighted by molar-refractivity contribution is 7.99. The molecule has 1 aromatic heterocycles. The molecule has 0 radical (unpaired) electrons. The number of carbonyl (C=O) groups is 8. The lowest BCUT2D eigenvalue weighted by molar-refractivity contribution is -0.330. The number of nitrogens with one attached hydrogen (secondary N) is 8. The lowest BCUT2D eigenvalue weighted by Gasteiger charge is -2.48. The molecule has 11 bridgehead atoms. The van der Waals surface area contributed by atoms with E-state index in [1.165, 1.54) is 25.2 Å². The SMILES string of the molecule is CN[C@H](CC(C)C)C(=O)N[C@H]1C(=O)N[C@@H](CC(N)=O)C(=O)N[C@H]2C(=O)N[C@H]3C(=O)N[C@H](C(=O)N[C@@H](C(=O)O)c4cc(O)cc(O)c4-c4cc3ccc4O)[C@H](O)c3ccc(c(Cl)c3)Oc3cc2cc(c3OC2OC(CSc3nc(-c4ccccc4)c(-c4ccccc4)o3)C(O)C(O)C2OC2CC(C)(NCc3ccc(-c4ccc(Cl)cc4)cc3)C(O)C(C)O2)Oc2ccc(cc2Cl)[C@H]1O. The second kappa shape index (κ2) is 39.9. The number of fused-ring (bicyclic) bond motifs is 15. The van der Waals surface area contributed by atoms with Gasteiger partial charge in [-0.1, -0.05) is 176 Å². The van der Waals surface area contributed by atoms with Gasteiger partial charge in [-0.25, -0.2) is 9.78 Å². The minimum absolute atomic E-state index is 0.0805.